The molecule has 0 aliphatic rings. The Morgan fingerprint density at radius 3 is 0.787 bits per heavy atom. The van der Waals surface area contributed by atoms with Gasteiger partial charge in [0.2, 0.25) is 0 Å². The maximum atomic E-state index is 12.9. The molecule has 0 heterocycles. The largest absolute Gasteiger partial charge is 0.462 e. The van der Waals surface area contributed by atoms with Crippen molar-refractivity contribution in [3.8, 4) is 0 Å². The fourth-order valence-electron chi connectivity index (χ4n) is 9.24. The first-order chi connectivity index (χ1) is 37.0. The van der Waals surface area contributed by atoms with Gasteiger partial charge in [0.1, 0.15) is 13.2 Å². The molecule has 1 unspecified atom stereocenters. The van der Waals surface area contributed by atoms with Gasteiger partial charge in [0.25, 0.3) is 0 Å². The van der Waals surface area contributed by atoms with Gasteiger partial charge in [0.05, 0.1) is 0 Å². The van der Waals surface area contributed by atoms with Crippen molar-refractivity contribution in [3.63, 3.8) is 0 Å². The first kappa shape index (κ1) is 71.8. The standard InChI is InChI=1S/C69H122O6/c1-4-7-10-13-16-19-22-25-28-31-33-34-36-38-41-44-47-50-53-56-59-62-68(71)74-65-66(64-73-67(70)61-58-55-52-49-46-43-40-37-30-27-24-21-18-15-12-9-6-3)75-69(72)63-60-57-54-51-48-45-42-39-35-32-29-26-23-20-17-14-11-8-5-2/h17,20,22,25-27,29-31,33,36,38,66H,4-16,18-19,21,23-24,28,32,34-35,37,39-65H2,1-3H3/b20-17-,25-22-,29-26-,30-27-,33-31-,38-36-. The zero-order valence-electron chi connectivity index (χ0n) is 49.8. The third kappa shape index (κ3) is 61.6. The predicted octanol–water partition coefficient (Wildman–Crippen LogP) is 22.1. The summed E-state index contributed by atoms with van der Waals surface area (Å²) in [5.74, 6) is -0.889. The van der Waals surface area contributed by atoms with Crippen LogP contribution in [0.1, 0.15) is 329 Å². The highest BCUT2D eigenvalue weighted by atomic mass is 16.6. The van der Waals surface area contributed by atoms with E-state index in [0.29, 0.717) is 19.3 Å². The second kappa shape index (κ2) is 63.4. The summed E-state index contributed by atoms with van der Waals surface area (Å²) in [6.07, 6.45) is 81.8. The summed E-state index contributed by atoms with van der Waals surface area (Å²) >= 11 is 0. The Kier molecular flexibility index (Phi) is 60.7. The number of unbranched alkanes of at least 4 members (excludes halogenated alkanes) is 36. The fourth-order valence-corrected chi connectivity index (χ4v) is 9.24. The van der Waals surface area contributed by atoms with Crippen LogP contribution < -0.4 is 0 Å². The molecule has 0 saturated heterocycles. The van der Waals surface area contributed by atoms with E-state index in [4.69, 9.17) is 14.2 Å². The van der Waals surface area contributed by atoms with Crippen LogP contribution in [0.3, 0.4) is 0 Å². The lowest BCUT2D eigenvalue weighted by Crippen LogP contribution is -2.30. The average molecular weight is 1050 g/mol. The van der Waals surface area contributed by atoms with E-state index in [-0.39, 0.29) is 31.1 Å². The Balaban J connectivity index is 4.40. The molecule has 0 radical (unpaired) electrons. The average Bonchev–Trinajstić information content (AvgIpc) is 3.41. The fraction of sp³-hybridized carbons (Fsp3) is 0.783. The third-order valence-electron chi connectivity index (χ3n) is 14.2. The van der Waals surface area contributed by atoms with E-state index < -0.39 is 6.10 Å². The van der Waals surface area contributed by atoms with Crippen molar-refractivity contribution >= 4 is 17.9 Å². The molecule has 0 fully saturated rings. The highest BCUT2D eigenvalue weighted by Crippen LogP contribution is 2.16. The van der Waals surface area contributed by atoms with Gasteiger partial charge in [0, 0.05) is 19.3 Å². The Hall–Kier alpha value is -3.15. The molecule has 0 saturated carbocycles. The molecule has 0 rings (SSSR count). The van der Waals surface area contributed by atoms with Gasteiger partial charge < -0.3 is 14.2 Å². The molecule has 0 amide bonds. The zero-order valence-corrected chi connectivity index (χ0v) is 49.8. The summed E-state index contributed by atoms with van der Waals surface area (Å²) < 4.78 is 16.9. The van der Waals surface area contributed by atoms with Crippen molar-refractivity contribution in [1.82, 2.24) is 0 Å². The van der Waals surface area contributed by atoms with Gasteiger partial charge in [-0.25, -0.2) is 0 Å². The molecule has 0 aromatic carbocycles. The Morgan fingerprint density at radius 2 is 0.480 bits per heavy atom. The predicted molar refractivity (Wildman–Crippen MR) is 325 cm³/mol. The van der Waals surface area contributed by atoms with Crippen LogP contribution in [0.25, 0.3) is 0 Å². The van der Waals surface area contributed by atoms with E-state index in [1.165, 1.54) is 205 Å². The lowest BCUT2D eigenvalue weighted by molar-refractivity contribution is -0.167. The molecule has 0 bridgehead atoms. The lowest BCUT2D eigenvalue weighted by atomic mass is 10.1. The molecule has 6 heteroatoms. The summed E-state index contributed by atoms with van der Waals surface area (Å²) in [5, 5.41) is 0. The highest BCUT2D eigenvalue weighted by molar-refractivity contribution is 5.71. The minimum atomic E-state index is -0.787. The molecular weight excluding hydrogens is 925 g/mol. The van der Waals surface area contributed by atoms with Crippen LogP contribution in [0.5, 0.6) is 0 Å². The zero-order chi connectivity index (χ0) is 54.3. The van der Waals surface area contributed by atoms with Crippen LogP contribution in [0.4, 0.5) is 0 Å². The van der Waals surface area contributed by atoms with E-state index in [9.17, 15) is 14.4 Å². The van der Waals surface area contributed by atoms with Gasteiger partial charge in [-0.3, -0.25) is 14.4 Å². The normalized spacial score (nSPS) is 12.5. The summed E-state index contributed by atoms with van der Waals surface area (Å²) in [7, 11) is 0. The van der Waals surface area contributed by atoms with Gasteiger partial charge in [-0.1, -0.05) is 267 Å². The van der Waals surface area contributed by atoms with Crippen molar-refractivity contribution in [2.75, 3.05) is 13.2 Å². The Bertz CT molecular complexity index is 1390. The van der Waals surface area contributed by atoms with Gasteiger partial charge in [0.15, 0.2) is 6.10 Å². The number of ether oxygens (including phenoxy) is 3. The van der Waals surface area contributed by atoms with E-state index in [2.05, 4.69) is 93.7 Å². The molecule has 75 heavy (non-hydrogen) atoms. The lowest BCUT2D eigenvalue weighted by Gasteiger charge is -2.18. The number of allylic oxidation sites excluding steroid dienone is 12. The monoisotopic (exact) mass is 1050 g/mol. The second-order valence-electron chi connectivity index (χ2n) is 21.7. The quantitative estimate of drug-likeness (QED) is 0.0261. The van der Waals surface area contributed by atoms with Crippen LogP contribution in [0.2, 0.25) is 0 Å². The second-order valence-corrected chi connectivity index (χ2v) is 21.7. The van der Waals surface area contributed by atoms with E-state index in [0.717, 1.165) is 83.5 Å². The summed E-state index contributed by atoms with van der Waals surface area (Å²) in [6.45, 7) is 6.62. The van der Waals surface area contributed by atoms with Crippen molar-refractivity contribution in [3.05, 3.63) is 72.9 Å². The molecule has 0 spiro atoms. The number of carbonyl (C=O) groups is 3. The maximum Gasteiger partial charge on any atom is 0.306 e. The van der Waals surface area contributed by atoms with Crippen LogP contribution >= 0.6 is 0 Å². The van der Waals surface area contributed by atoms with Crippen LogP contribution in [-0.4, -0.2) is 37.2 Å². The maximum absolute atomic E-state index is 12.9. The molecule has 6 nitrogen and oxygen atoms in total. The van der Waals surface area contributed by atoms with Crippen molar-refractivity contribution in [1.29, 1.82) is 0 Å². The molecule has 0 aliphatic carbocycles. The van der Waals surface area contributed by atoms with E-state index >= 15 is 0 Å². The number of carbonyl (C=O) groups excluding carboxylic acids is 3. The van der Waals surface area contributed by atoms with Crippen molar-refractivity contribution < 1.29 is 28.6 Å². The summed E-state index contributed by atoms with van der Waals surface area (Å²) in [5.41, 5.74) is 0. The molecule has 0 aromatic rings. The molecular formula is C69H122O6. The van der Waals surface area contributed by atoms with Gasteiger partial charge in [-0.2, -0.15) is 0 Å². The Morgan fingerprint density at radius 1 is 0.267 bits per heavy atom. The smallest absolute Gasteiger partial charge is 0.306 e. The van der Waals surface area contributed by atoms with Crippen molar-refractivity contribution in [2.24, 2.45) is 0 Å². The highest BCUT2D eigenvalue weighted by Gasteiger charge is 2.19. The van der Waals surface area contributed by atoms with E-state index in [1.807, 2.05) is 0 Å². The van der Waals surface area contributed by atoms with Crippen molar-refractivity contribution in [2.45, 2.75) is 335 Å². The Labute approximate surface area is 465 Å². The van der Waals surface area contributed by atoms with Crippen LogP contribution in [-0.2, 0) is 28.6 Å². The summed E-state index contributed by atoms with van der Waals surface area (Å²) in [6, 6.07) is 0. The minimum Gasteiger partial charge on any atom is -0.462 e. The molecule has 0 aromatic heterocycles. The summed E-state index contributed by atoms with van der Waals surface area (Å²) in [4.78, 5) is 38.4. The number of hydrogen-bond acceptors (Lipinski definition) is 6. The van der Waals surface area contributed by atoms with Gasteiger partial charge in [-0.15, -0.1) is 0 Å². The third-order valence-corrected chi connectivity index (χ3v) is 14.2. The van der Waals surface area contributed by atoms with Crippen LogP contribution in [0, 0.1) is 0 Å². The topological polar surface area (TPSA) is 78.9 Å². The number of esters is 3. The number of hydrogen-bond donors (Lipinski definition) is 0. The SMILES string of the molecule is CCCCC/C=C\C/C=C\CCCCCCCCCCCC(=O)OC(COC(=O)CCCCCCCC/C=C\C/C=C\C/C=C\CCCCCCC)COC(=O)CCCCCCCCC/C=C\CCCCCCCC. The van der Waals surface area contributed by atoms with Gasteiger partial charge >= 0.3 is 17.9 Å². The van der Waals surface area contributed by atoms with Gasteiger partial charge in [-0.05, 0) is 116 Å². The first-order valence-corrected chi connectivity index (χ1v) is 32.4. The first-order valence-electron chi connectivity index (χ1n) is 32.4. The molecule has 0 N–H and O–H groups in total. The van der Waals surface area contributed by atoms with Crippen LogP contribution in [0.15, 0.2) is 72.9 Å². The minimum absolute atomic E-state index is 0.0824. The molecule has 434 valence electrons. The molecule has 0 aliphatic heterocycles. The van der Waals surface area contributed by atoms with E-state index in [1.54, 1.807) is 0 Å². The molecule has 1 atom stereocenters. The number of rotatable bonds is 59.